The van der Waals surface area contributed by atoms with Crippen molar-refractivity contribution in [2.75, 3.05) is 19.5 Å². The van der Waals surface area contributed by atoms with Gasteiger partial charge in [0.2, 0.25) is 5.95 Å². The Balaban J connectivity index is 1.83. The lowest BCUT2D eigenvalue weighted by atomic mass is 10.1. The average Bonchev–Trinajstić information content (AvgIpc) is 2.96. The van der Waals surface area contributed by atoms with Crippen LogP contribution in [0.3, 0.4) is 0 Å². The molecule has 1 heterocycles. The second-order valence-corrected chi connectivity index (χ2v) is 5.49. The van der Waals surface area contributed by atoms with Crippen molar-refractivity contribution in [3.8, 4) is 11.5 Å². The Morgan fingerprint density at radius 2 is 1.83 bits per heavy atom. The Morgan fingerprint density at radius 1 is 1.17 bits per heavy atom. The fourth-order valence-corrected chi connectivity index (χ4v) is 2.82. The number of ketones is 1. The van der Waals surface area contributed by atoms with Gasteiger partial charge in [0.1, 0.15) is 0 Å². The summed E-state index contributed by atoms with van der Waals surface area (Å²) in [6.45, 7) is 1.50. The van der Waals surface area contributed by atoms with E-state index in [4.69, 9.17) is 9.47 Å². The molecule has 0 fully saturated rings. The molecule has 0 saturated carbocycles. The lowest BCUT2D eigenvalue weighted by molar-refractivity contribution is 0.101. The molecule has 1 atom stereocenters. The minimum Gasteiger partial charge on any atom is -0.493 e. The summed E-state index contributed by atoms with van der Waals surface area (Å²) in [6.07, 6.45) is 4.99. The van der Waals surface area contributed by atoms with Crippen LogP contribution in [0.15, 0.2) is 24.5 Å². The van der Waals surface area contributed by atoms with Gasteiger partial charge in [0, 0.05) is 12.4 Å². The van der Waals surface area contributed by atoms with Crippen LogP contribution >= 0.6 is 0 Å². The van der Waals surface area contributed by atoms with Gasteiger partial charge in [-0.05, 0) is 43.0 Å². The molecular formula is C17H19N3O3. The van der Waals surface area contributed by atoms with Crippen LogP contribution in [-0.4, -0.2) is 30.0 Å². The van der Waals surface area contributed by atoms with E-state index in [9.17, 15) is 4.79 Å². The number of nitrogens with one attached hydrogen (secondary N) is 1. The summed E-state index contributed by atoms with van der Waals surface area (Å²) in [7, 11) is 3.27. The van der Waals surface area contributed by atoms with E-state index in [2.05, 4.69) is 15.3 Å². The molecule has 0 saturated heterocycles. The summed E-state index contributed by atoms with van der Waals surface area (Å²) in [5.74, 6) is 1.93. The highest BCUT2D eigenvalue weighted by Crippen LogP contribution is 2.40. The summed E-state index contributed by atoms with van der Waals surface area (Å²) < 4.78 is 10.7. The minimum atomic E-state index is -0.0420. The number of anilines is 1. The first-order valence-corrected chi connectivity index (χ1v) is 7.46. The van der Waals surface area contributed by atoms with Crippen molar-refractivity contribution < 1.29 is 14.3 Å². The number of nitrogens with zero attached hydrogens (tertiary/aromatic N) is 2. The first kappa shape index (κ1) is 15.3. The van der Waals surface area contributed by atoms with Crippen molar-refractivity contribution >= 4 is 11.7 Å². The van der Waals surface area contributed by atoms with Gasteiger partial charge < -0.3 is 14.8 Å². The quantitative estimate of drug-likeness (QED) is 0.856. The van der Waals surface area contributed by atoms with Gasteiger partial charge in [-0.2, -0.15) is 0 Å². The maximum atomic E-state index is 11.3. The van der Waals surface area contributed by atoms with E-state index in [-0.39, 0.29) is 11.8 Å². The van der Waals surface area contributed by atoms with Crippen LogP contribution in [0, 0.1) is 0 Å². The van der Waals surface area contributed by atoms with E-state index in [1.54, 1.807) is 26.6 Å². The highest BCUT2D eigenvalue weighted by molar-refractivity contribution is 5.93. The number of fused-ring (bicyclic) bond motifs is 1. The van der Waals surface area contributed by atoms with E-state index < -0.39 is 0 Å². The number of carbonyl (C=O) groups excluding carboxylic acids is 1. The smallest absolute Gasteiger partial charge is 0.223 e. The number of hydrogen-bond donors (Lipinski definition) is 1. The second-order valence-electron chi connectivity index (χ2n) is 5.49. The fourth-order valence-electron chi connectivity index (χ4n) is 2.82. The molecule has 1 aliphatic rings. The number of ether oxygens (including phenoxy) is 2. The molecule has 0 spiro atoms. The Morgan fingerprint density at radius 3 is 2.43 bits per heavy atom. The van der Waals surface area contributed by atoms with E-state index in [1.165, 1.54) is 18.1 Å². The molecule has 2 aromatic rings. The monoisotopic (exact) mass is 313 g/mol. The number of methoxy groups -OCH3 is 2. The van der Waals surface area contributed by atoms with E-state index in [0.717, 1.165) is 18.6 Å². The molecular weight excluding hydrogens is 294 g/mol. The molecule has 23 heavy (non-hydrogen) atoms. The summed E-state index contributed by atoms with van der Waals surface area (Å²) in [5.41, 5.74) is 2.91. The maximum absolute atomic E-state index is 11.3. The van der Waals surface area contributed by atoms with Crippen LogP contribution in [0.4, 0.5) is 5.95 Å². The number of hydrogen-bond acceptors (Lipinski definition) is 6. The number of aryl methyl sites for hydroxylation is 1. The summed E-state index contributed by atoms with van der Waals surface area (Å²) >= 11 is 0. The topological polar surface area (TPSA) is 73.3 Å². The molecule has 1 aliphatic carbocycles. The van der Waals surface area contributed by atoms with E-state index >= 15 is 0 Å². The number of aromatic nitrogens is 2. The van der Waals surface area contributed by atoms with Gasteiger partial charge in [0.15, 0.2) is 17.3 Å². The zero-order chi connectivity index (χ0) is 16.4. The third-order valence-electron chi connectivity index (χ3n) is 4.08. The van der Waals surface area contributed by atoms with Crippen molar-refractivity contribution in [3.05, 3.63) is 41.2 Å². The molecule has 1 aromatic carbocycles. The molecule has 0 aliphatic heterocycles. The molecule has 0 bridgehead atoms. The Bertz CT molecular complexity index is 729. The molecule has 1 N–H and O–H groups in total. The van der Waals surface area contributed by atoms with E-state index in [0.29, 0.717) is 17.3 Å². The number of rotatable bonds is 5. The van der Waals surface area contributed by atoms with Gasteiger partial charge in [0.05, 0.1) is 25.8 Å². The maximum Gasteiger partial charge on any atom is 0.223 e. The van der Waals surface area contributed by atoms with Crippen molar-refractivity contribution in [1.29, 1.82) is 0 Å². The zero-order valence-corrected chi connectivity index (χ0v) is 13.4. The van der Waals surface area contributed by atoms with Gasteiger partial charge >= 0.3 is 0 Å². The fraction of sp³-hybridized carbons (Fsp3) is 0.353. The lowest BCUT2D eigenvalue weighted by Gasteiger charge is -2.16. The largest absolute Gasteiger partial charge is 0.493 e. The van der Waals surface area contributed by atoms with Gasteiger partial charge in [-0.3, -0.25) is 4.79 Å². The molecule has 0 unspecified atom stereocenters. The molecule has 3 rings (SSSR count). The van der Waals surface area contributed by atoms with Crippen molar-refractivity contribution in [3.63, 3.8) is 0 Å². The van der Waals surface area contributed by atoms with Gasteiger partial charge in [-0.1, -0.05) is 0 Å². The highest BCUT2D eigenvalue weighted by atomic mass is 16.5. The Kier molecular flexibility index (Phi) is 4.14. The number of Topliss-reactive ketones (excluding diaryl/α,β-unsaturated/α-hetero) is 1. The van der Waals surface area contributed by atoms with E-state index in [1.807, 2.05) is 12.1 Å². The van der Waals surface area contributed by atoms with Crippen LogP contribution in [0.25, 0.3) is 0 Å². The average molecular weight is 313 g/mol. The van der Waals surface area contributed by atoms with Gasteiger partial charge in [-0.15, -0.1) is 0 Å². The standard InChI is InChI=1S/C17H19N3O3/c1-10(21)12-8-18-17(19-9-12)20-14-5-4-11-6-15(22-2)16(23-3)7-13(11)14/h6-9,14H,4-5H2,1-3H3,(H,18,19,20)/t14-/m0/s1. The second kappa shape index (κ2) is 6.24. The van der Waals surface area contributed by atoms with Crippen molar-refractivity contribution in [2.45, 2.75) is 25.8 Å². The lowest BCUT2D eigenvalue weighted by Crippen LogP contribution is -2.10. The SMILES string of the molecule is COc1cc2c(cc1OC)[C@@H](Nc1ncc(C(C)=O)cn1)CC2. The Hall–Kier alpha value is -2.63. The minimum absolute atomic E-state index is 0.0420. The molecule has 0 radical (unpaired) electrons. The van der Waals surface area contributed by atoms with Crippen LogP contribution in [0.1, 0.15) is 40.9 Å². The zero-order valence-electron chi connectivity index (χ0n) is 13.4. The normalized spacial score (nSPS) is 15.9. The highest BCUT2D eigenvalue weighted by Gasteiger charge is 2.25. The van der Waals surface area contributed by atoms with Gasteiger partial charge in [-0.25, -0.2) is 9.97 Å². The number of carbonyl (C=O) groups is 1. The first-order valence-electron chi connectivity index (χ1n) is 7.46. The van der Waals surface area contributed by atoms with Crippen LogP contribution in [0.5, 0.6) is 11.5 Å². The molecule has 1 aromatic heterocycles. The van der Waals surface area contributed by atoms with Crippen molar-refractivity contribution in [1.82, 2.24) is 9.97 Å². The molecule has 6 heteroatoms. The summed E-state index contributed by atoms with van der Waals surface area (Å²) in [4.78, 5) is 19.7. The third kappa shape index (κ3) is 2.97. The third-order valence-corrected chi connectivity index (χ3v) is 4.08. The molecule has 6 nitrogen and oxygen atoms in total. The van der Waals surface area contributed by atoms with Gasteiger partial charge in [0.25, 0.3) is 0 Å². The van der Waals surface area contributed by atoms with Crippen LogP contribution in [-0.2, 0) is 6.42 Å². The number of benzene rings is 1. The first-order chi connectivity index (χ1) is 11.1. The van der Waals surface area contributed by atoms with Crippen LogP contribution in [0.2, 0.25) is 0 Å². The summed E-state index contributed by atoms with van der Waals surface area (Å²) in [6, 6.07) is 4.14. The summed E-state index contributed by atoms with van der Waals surface area (Å²) in [5, 5.41) is 3.32. The molecule has 0 amide bonds. The van der Waals surface area contributed by atoms with Crippen molar-refractivity contribution in [2.24, 2.45) is 0 Å². The predicted molar refractivity (Wildman–Crippen MR) is 86.3 cm³/mol. The van der Waals surface area contributed by atoms with Crippen LogP contribution < -0.4 is 14.8 Å². The predicted octanol–water partition coefficient (Wildman–Crippen LogP) is 2.80. The Labute approximate surface area is 134 Å². The molecule has 120 valence electrons.